The average Bonchev–Trinajstić information content (AvgIpc) is 3.00. The van der Waals surface area contributed by atoms with Crippen LogP contribution in [0, 0.1) is 0 Å². The minimum absolute atomic E-state index is 0.184. The molecular weight excluding hydrogens is 356 g/mol. The van der Waals surface area contributed by atoms with Crippen LogP contribution >= 0.6 is 0 Å². The Morgan fingerprint density at radius 2 is 2.04 bits per heavy atom. The lowest BCUT2D eigenvalue weighted by molar-refractivity contribution is 0.137. The first-order chi connectivity index (χ1) is 13.6. The van der Waals surface area contributed by atoms with Gasteiger partial charge in [0.05, 0.1) is 6.61 Å². The number of rotatable bonds is 10. The summed E-state index contributed by atoms with van der Waals surface area (Å²) in [6.45, 7) is 7.87. The molecule has 0 radical (unpaired) electrons. The number of anilines is 1. The number of hydrogen-bond donors (Lipinski definition) is 2. The summed E-state index contributed by atoms with van der Waals surface area (Å²) in [5, 5.41) is 0. The topological polar surface area (TPSA) is 102 Å². The Kier molecular flexibility index (Phi) is 7.30. The van der Waals surface area contributed by atoms with Crippen molar-refractivity contribution < 1.29 is 4.74 Å². The fourth-order valence-electron chi connectivity index (χ4n) is 4.06. The van der Waals surface area contributed by atoms with Crippen LogP contribution < -0.4 is 16.2 Å². The van der Waals surface area contributed by atoms with Gasteiger partial charge >= 0.3 is 11.7 Å². The van der Waals surface area contributed by atoms with Crippen LogP contribution in [0.25, 0.3) is 11.2 Å². The fourth-order valence-corrected chi connectivity index (χ4v) is 4.06. The number of nitrogen functional groups attached to an aromatic ring is 1. The highest BCUT2D eigenvalue weighted by molar-refractivity contribution is 5.81. The molecule has 1 aliphatic heterocycles. The standard InChI is InChI=1S/C20H34N6O2/c1-3-5-14-28-19-23-17(21)16-18(24-19)26(20(27)22-16)13-8-10-15-9-6-7-12-25(15)11-4-2/h15H,3-14H2,1-2H3,(H,22,27)(H2,21,23,24). The van der Waals surface area contributed by atoms with Gasteiger partial charge in [-0.2, -0.15) is 9.97 Å². The number of nitrogens with one attached hydrogen (secondary N) is 1. The zero-order valence-corrected chi connectivity index (χ0v) is 17.2. The van der Waals surface area contributed by atoms with Crippen LogP contribution in [-0.4, -0.2) is 50.2 Å². The summed E-state index contributed by atoms with van der Waals surface area (Å²) in [7, 11) is 0. The molecule has 1 saturated heterocycles. The third kappa shape index (κ3) is 4.84. The molecular formula is C20H34N6O2. The molecule has 1 unspecified atom stereocenters. The molecule has 1 atom stereocenters. The minimum Gasteiger partial charge on any atom is -0.463 e. The van der Waals surface area contributed by atoms with E-state index in [1.165, 1.54) is 38.8 Å². The predicted molar refractivity (Wildman–Crippen MR) is 112 cm³/mol. The lowest BCUT2D eigenvalue weighted by atomic mass is 9.97. The van der Waals surface area contributed by atoms with E-state index in [1.54, 1.807) is 4.57 Å². The van der Waals surface area contributed by atoms with Crippen molar-refractivity contribution in [3.63, 3.8) is 0 Å². The van der Waals surface area contributed by atoms with Gasteiger partial charge in [0, 0.05) is 12.6 Å². The number of nitrogens with two attached hydrogens (primary N) is 1. The number of piperidine rings is 1. The number of ether oxygens (including phenoxy) is 1. The molecule has 0 saturated carbocycles. The van der Waals surface area contributed by atoms with Gasteiger partial charge in [-0.3, -0.25) is 4.57 Å². The fraction of sp³-hybridized carbons (Fsp3) is 0.750. The first kappa shape index (κ1) is 20.6. The van der Waals surface area contributed by atoms with Gasteiger partial charge in [0.25, 0.3) is 0 Å². The Bertz CT molecular complexity index is 813. The largest absolute Gasteiger partial charge is 0.463 e. The molecule has 0 aromatic carbocycles. The number of fused-ring (bicyclic) bond motifs is 1. The molecule has 0 amide bonds. The van der Waals surface area contributed by atoms with Crippen molar-refractivity contribution in [1.29, 1.82) is 0 Å². The van der Waals surface area contributed by atoms with E-state index in [2.05, 4.69) is 33.7 Å². The second-order valence-electron chi connectivity index (χ2n) is 7.70. The molecule has 2 aromatic heterocycles. The van der Waals surface area contributed by atoms with E-state index in [-0.39, 0.29) is 17.5 Å². The molecule has 8 heteroatoms. The highest BCUT2D eigenvalue weighted by Gasteiger charge is 2.21. The molecule has 2 aromatic rings. The number of aryl methyl sites for hydroxylation is 1. The number of aromatic nitrogens is 4. The summed E-state index contributed by atoms with van der Waals surface area (Å²) in [6.07, 6.45) is 9.05. The Morgan fingerprint density at radius 1 is 1.18 bits per heavy atom. The lowest BCUT2D eigenvalue weighted by Gasteiger charge is -2.35. The number of H-pyrrole nitrogens is 1. The molecule has 0 aliphatic carbocycles. The van der Waals surface area contributed by atoms with Gasteiger partial charge < -0.3 is 20.4 Å². The van der Waals surface area contributed by atoms with Gasteiger partial charge in [-0.05, 0) is 51.6 Å². The highest BCUT2D eigenvalue weighted by atomic mass is 16.5. The van der Waals surface area contributed by atoms with E-state index in [0.717, 1.165) is 25.7 Å². The van der Waals surface area contributed by atoms with Crippen LogP contribution in [0.1, 0.15) is 65.2 Å². The van der Waals surface area contributed by atoms with E-state index >= 15 is 0 Å². The van der Waals surface area contributed by atoms with Crippen molar-refractivity contribution in [3.05, 3.63) is 10.5 Å². The highest BCUT2D eigenvalue weighted by Crippen LogP contribution is 2.22. The predicted octanol–water partition coefficient (Wildman–Crippen LogP) is 2.93. The van der Waals surface area contributed by atoms with Crippen molar-refractivity contribution in [1.82, 2.24) is 24.4 Å². The molecule has 0 spiro atoms. The van der Waals surface area contributed by atoms with Gasteiger partial charge in [-0.15, -0.1) is 0 Å². The normalized spacial score (nSPS) is 18.0. The SMILES string of the molecule is CCCCOc1nc(N)c2[nH]c(=O)n(CCCC3CCCCN3CCC)c2n1. The molecule has 1 aliphatic rings. The minimum atomic E-state index is -0.184. The second kappa shape index (κ2) is 9.91. The van der Waals surface area contributed by atoms with Gasteiger partial charge in [0.1, 0.15) is 5.52 Å². The lowest BCUT2D eigenvalue weighted by Crippen LogP contribution is -2.40. The molecule has 8 nitrogen and oxygen atoms in total. The summed E-state index contributed by atoms with van der Waals surface area (Å²) in [5.41, 5.74) is 6.87. The maximum Gasteiger partial charge on any atom is 0.327 e. The molecule has 3 rings (SSSR count). The Balaban J connectivity index is 1.69. The first-order valence-corrected chi connectivity index (χ1v) is 10.8. The third-order valence-electron chi connectivity index (χ3n) is 5.54. The van der Waals surface area contributed by atoms with Crippen LogP contribution in [0.3, 0.4) is 0 Å². The van der Waals surface area contributed by atoms with Gasteiger partial charge in [-0.25, -0.2) is 4.79 Å². The maximum absolute atomic E-state index is 12.4. The zero-order valence-electron chi connectivity index (χ0n) is 17.2. The molecule has 3 N–H and O–H groups in total. The van der Waals surface area contributed by atoms with E-state index in [1.807, 2.05) is 0 Å². The van der Waals surface area contributed by atoms with E-state index in [4.69, 9.17) is 10.5 Å². The van der Waals surface area contributed by atoms with Crippen LogP contribution in [0.2, 0.25) is 0 Å². The van der Waals surface area contributed by atoms with Crippen molar-refractivity contribution in [2.75, 3.05) is 25.4 Å². The number of unbranched alkanes of at least 4 members (excludes halogenated alkanes) is 1. The molecule has 3 heterocycles. The number of likely N-dealkylation sites (tertiary alicyclic amines) is 1. The van der Waals surface area contributed by atoms with Crippen molar-refractivity contribution >= 4 is 17.0 Å². The summed E-state index contributed by atoms with van der Waals surface area (Å²) in [5.74, 6) is 0.258. The van der Waals surface area contributed by atoms with Gasteiger partial charge in [0.2, 0.25) is 0 Å². The Morgan fingerprint density at radius 3 is 2.82 bits per heavy atom. The van der Waals surface area contributed by atoms with Crippen LogP contribution in [0.5, 0.6) is 6.01 Å². The number of hydrogen-bond acceptors (Lipinski definition) is 6. The maximum atomic E-state index is 12.4. The smallest absolute Gasteiger partial charge is 0.327 e. The number of imidazole rings is 1. The van der Waals surface area contributed by atoms with Crippen molar-refractivity contribution in [2.24, 2.45) is 0 Å². The molecule has 28 heavy (non-hydrogen) atoms. The summed E-state index contributed by atoms with van der Waals surface area (Å²) < 4.78 is 7.28. The van der Waals surface area contributed by atoms with Crippen molar-refractivity contribution in [3.8, 4) is 6.01 Å². The zero-order chi connectivity index (χ0) is 19.9. The van der Waals surface area contributed by atoms with Gasteiger partial charge in [-0.1, -0.05) is 26.7 Å². The third-order valence-corrected chi connectivity index (χ3v) is 5.54. The molecule has 156 valence electrons. The van der Waals surface area contributed by atoms with E-state index in [0.29, 0.717) is 30.4 Å². The van der Waals surface area contributed by atoms with Crippen LogP contribution in [0.4, 0.5) is 5.82 Å². The van der Waals surface area contributed by atoms with E-state index in [9.17, 15) is 4.79 Å². The van der Waals surface area contributed by atoms with E-state index < -0.39 is 0 Å². The average molecular weight is 391 g/mol. The second-order valence-corrected chi connectivity index (χ2v) is 7.70. The monoisotopic (exact) mass is 390 g/mol. The number of nitrogens with zero attached hydrogens (tertiary/aromatic N) is 4. The number of aromatic amines is 1. The van der Waals surface area contributed by atoms with Gasteiger partial charge in [0.15, 0.2) is 11.5 Å². The Hall–Kier alpha value is -2.09. The molecule has 1 fully saturated rings. The summed E-state index contributed by atoms with van der Waals surface area (Å²) in [4.78, 5) is 26.5. The first-order valence-electron chi connectivity index (χ1n) is 10.8. The summed E-state index contributed by atoms with van der Waals surface area (Å²) >= 11 is 0. The Labute approximate surface area is 166 Å². The van der Waals surface area contributed by atoms with Crippen LogP contribution in [0.15, 0.2) is 4.79 Å². The summed E-state index contributed by atoms with van der Waals surface area (Å²) in [6, 6.07) is 0.870. The molecule has 0 bridgehead atoms. The van der Waals surface area contributed by atoms with Crippen LogP contribution in [-0.2, 0) is 6.54 Å². The van der Waals surface area contributed by atoms with Crippen molar-refractivity contribution in [2.45, 2.75) is 77.8 Å². The quantitative estimate of drug-likeness (QED) is 0.605.